The normalized spacial score (nSPS) is 10.8. The summed E-state index contributed by atoms with van der Waals surface area (Å²) >= 11 is 0. The maximum Gasteiger partial charge on any atom is 0.197 e. The molecule has 78 valence electrons. The molecule has 4 nitrogen and oxygen atoms in total. The second kappa shape index (κ2) is 3.34. The topological polar surface area (TPSA) is 50.4 Å². The van der Waals surface area contributed by atoms with Crippen LogP contribution >= 0.6 is 0 Å². The molecule has 1 N–H and O–H groups in total. The van der Waals surface area contributed by atoms with Gasteiger partial charge in [-0.2, -0.15) is 0 Å². The lowest BCUT2D eigenvalue weighted by atomic mass is 10.2. The molecule has 0 radical (unpaired) electrons. The van der Waals surface area contributed by atoms with E-state index in [0.29, 0.717) is 0 Å². The molecular weight excluding hydrogens is 202 g/mol. The van der Waals surface area contributed by atoms with Crippen LogP contribution in [0.1, 0.15) is 0 Å². The molecule has 0 saturated carbocycles. The van der Waals surface area contributed by atoms with E-state index in [1.165, 1.54) is 0 Å². The summed E-state index contributed by atoms with van der Waals surface area (Å²) in [5, 5.41) is 9.81. The zero-order chi connectivity index (χ0) is 11.0. The molecule has 0 fully saturated rings. The van der Waals surface area contributed by atoms with Gasteiger partial charge in [0.25, 0.3) is 0 Å². The third-order valence-electron chi connectivity index (χ3n) is 2.47. The molecule has 4 heteroatoms. The Balaban J connectivity index is 2.33. The van der Waals surface area contributed by atoms with Crippen LogP contribution in [0.4, 0.5) is 0 Å². The quantitative estimate of drug-likeness (QED) is 0.670. The van der Waals surface area contributed by atoms with Gasteiger partial charge in [0, 0.05) is 18.0 Å². The van der Waals surface area contributed by atoms with Crippen molar-refractivity contribution in [2.24, 2.45) is 0 Å². The van der Waals surface area contributed by atoms with Gasteiger partial charge in [-0.15, -0.1) is 0 Å². The molecule has 0 spiro atoms. The number of hydrogen-bond acceptors (Lipinski definition) is 3. The van der Waals surface area contributed by atoms with Crippen molar-refractivity contribution >= 4 is 5.52 Å². The van der Waals surface area contributed by atoms with Crippen molar-refractivity contribution in [1.82, 2.24) is 14.4 Å². The summed E-state index contributed by atoms with van der Waals surface area (Å²) in [6, 6.07) is 9.06. The molecule has 3 rings (SSSR count). The Labute approximate surface area is 91.8 Å². The van der Waals surface area contributed by atoms with Crippen LogP contribution in [0.15, 0.2) is 48.9 Å². The Bertz CT molecular complexity index is 631. The Kier molecular flexibility index (Phi) is 1.86. The number of rotatable bonds is 1. The van der Waals surface area contributed by atoms with Crippen molar-refractivity contribution in [2.75, 3.05) is 0 Å². The standard InChI is InChI=1S/C12H9N3O/c16-11-3-1-2-10-8-14-12(15(10)11)9-4-6-13-7-5-9/h1-8,16H. The van der Waals surface area contributed by atoms with Crippen LogP contribution < -0.4 is 0 Å². The third kappa shape index (κ3) is 1.24. The van der Waals surface area contributed by atoms with E-state index in [1.54, 1.807) is 35.1 Å². The van der Waals surface area contributed by atoms with E-state index in [-0.39, 0.29) is 5.88 Å². The van der Waals surface area contributed by atoms with Crippen LogP contribution in [0.25, 0.3) is 16.9 Å². The van der Waals surface area contributed by atoms with Crippen molar-refractivity contribution in [3.63, 3.8) is 0 Å². The van der Waals surface area contributed by atoms with Gasteiger partial charge in [-0.1, -0.05) is 6.07 Å². The fourth-order valence-electron chi connectivity index (χ4n) is 1.74. The third-order valence-corrected chi connectivity index (χ3v) is 2.47. The lowest BCUT2D eigenvalue weighted by Crippen LogP contribution is -1.90. The second-order valence-corrected chi connectivity index (χ2v) is 3.46. The molecule has 0 atom stereocenters. The van der Waals surface area contributed by atoms with E-state index >= 15 is 0 Å². The van der Waals surface area contributed by atoms with E-state index in [0.717, 1.165) is 16.9 Å². The summed E-state index contributed by atoms with van der Waals surface area (Å²) in [7, 11) is 0. The molecule has 0 saturated heterocycles. The average molecular weight is 211 g/mol. The largest absolute Gasteiger partial charge is 0.494 e. The molecule has 16 heavy (non-hydrogen) atoms. The van der Waals surface area contributed by atoms with Gasteiger partial charge < -0.3 is 5.11 Å². The van der Waals surface area contributed by atoms with Crippen LogP contribution in [0, 0.1) is 0 Å². The fraction of sp³-hybridized carbons (Fsp3) is 0. The Hall–Kier alpha value is -2.36. The molecule has 0 bridgehead atoms. The minimum Gasteiger partial charge on any atom is -0.494 e. The molecule has 0 aliphatic heterocycles. The van der Waals surface area contributed by atoms with E-state index in [9.17, 15) is 5.11 Å². The zero-order valence-electron chi connectivity index (χ0n) is 8.41. The first-order valence-corrected chi connectivity index (χ1v) is 4.92. The summed E-state index contributed by atoms with van der Waals surface area (Å²) in [6.45, 7) is 0. The van der Waals surface area contributed by atoms with Gasteiger partial charge in [-0.3, -0.25) is 9.38 Å². The Morgan fingerprint density at radius 2 is 1.88 bits per heavy atom. The van der Waals surface area contributed by atoms with Crippen LogP contribution in [0.3, 0.4) is 0 Å². The Morgan fingerprint density at radius 3 is 2.69 bits per heavy atom. The lowest BCUT2D eigenvalue weighted by Gasteiger charge is -2.02. The SMILES string of the molecule is Oc1cccc2cnc(-c3ccncc3)n12. The van der Waals surface area contributed by atoms with Gasteiger partial charge >= 0.3 is 0 Å². The predicted octanol–water partition coefficient (Wildman–Crippen LogP) is 2.10. The lowest BCUT2D eigenvalue weighted by molar-refractivity contribution is 0.447. The fourth-order valence-corrected chi connectivity index (χ4v) is 1.74. The van der Waals surface area contributed by atoms with Crippen molar-refractivity contribution in [2.45, 2.75) is 0 Å². The number of imidazole rings is 1. The smallest absolute Gasteiger partial charge is 0.197 e. The van der Waals surface area contributed by atoms with Crippen molar-refractivity contribution in [3.8, 4) is 17.3 Å². The summed E-state index contributed by atoms with van der Waals surface area (Å²) < 4.78 is 1.70. The highest BCUT2D eigenvalue weighted by atomic mass is 16.3. The maximum absolute atomic E-state index is 9.81. The van der Waals surface area contributed by atoms with Gasteiger partial charge in [0.1, 0.15) is 5.82 Å². The van der Waals surface area contributed by atoms with Gasteiger partial charge in [0.05, 0.1) is 11.7 Å². The number of fused-ring (bicyclic) bond motifs is 1. The molecule has 0 aliphatic rings. The van der Waals surface area contributed by atoms with Crippen molar-refractivity contribution in [1.29, 1.82) is 0 Å². The second-order valence-electron chi connectivity index (χ2n) is 3.46. The first-order valence-electron chi connectivity index (χ1n) is 4.92. The number of aromatic nitrogens is 3. The highest BCUT2D eigenvalue weighted by Gasteiger charge is 2.08. The number of hydrogen-bond donors (Lipinski definition) is 1. The summed E-state index contributed by atoms with van der Waals surface area (Å²) in [4.78, 5) is 8.26. The minimum atomic E-state index is 0.182. The first-order chi connectivity index (χ1) is 7.86. The zero-order valence-corrected chi connectivity index (χ0v) is 8.41. The summed E-state index contributed by atoms with van der Waals surface area (Å²) in [5.74, 6) is 0.900. The number of nitrogens with zero attached hydrogens (tertiary/aromatic N) is 3. The maximum atomic E-state index is 9.81. The van der Waals surface area contributed by atoms with Crippen LogP contribution in [-0.4, -0.2) is 19.5 Å². The molecule has 0 aliphatic carbocycles. The molecule has 0 aromatic carbocycles. The minimum absolute atomic E-state index is 0.182. The van der Waals surface area contributed by atoms with Gasteiger partial charge in [0.2, 0.25) is 0 Å². The van der Waals surface area contributed by atoms with Crippen LogP contribution in [-0.2, 0) is 0 Å². The van der Waals surface area contributed by atoms with E-state index < -0.39 is 0 Å². The predicted molar refractivity (Wildman–Crippen MR) is 60.1 cm³/mol. The molecular formula is C12H9N3O. The average Bonchev–Trinajstić information content (AvgIpc) is 2.75. The van der Waals surface area contributed by atoms with E-state index in [2.05, 4.69) is 9.97 Å². The van der Waals surface area contributed by atoms with Crippen LogP contribution in [0.2, 0.25) is 0 Å². The molecule has 3 aromatic heterocycles. The highest BCUT2D eigenvalue weighted by molar-refractivity contribution is 5.63. The first kappa shape index (κ1) is 8.91. The highest BCUT2D eigenvalue weighted by Crippen LogP contribution is 2.23. The number of aromatic hydroxyl groups is 1. The van der Waals surface area contributed by atoms with Gasteiger partial charge in [-0.25, -0.2) is 4.98 Å². The van der Waals surface area contributed by atoms with Crippen LogP contribution in [0.5, 0.6) is 5.88 Å². The molecule has 0 amide bonds. The Morgan fingerprint density at radius 1 is 1.06 bits per heavy atom. The van der Waals surface area contributed by atoms with Crippen molar-refractivity contribution < 1.29 is 5.11 Å². The molecule has 0 unspecified atom stereocenters. The summed E-state index contributed by atoms with van der Waals surface area (Å²) in [6.07, 6.45) is 5.14. The monoisotopic (exact) mass is 211 g/mol. The molecule has 3 heterocycles. The van der Waals surface area contributed by atoms with Crippen molar-refractivity contribution in [3.05, 3.63) is 48.9 Å². The summed E-state index contributed by atoms with van der Waals surface area (Å²) in [5.41, 5.74) is 1.79. The number of pyridine rings is 2. The van der Waals surface area contributed by atoms with Gasteiger partial charge in [0.15, 0.2) is 5.88 Å². The van der Waals surface area contributed by atoms with E-state index in [4.69, 9.17) is 0 Å². The molecule has 3 aromatic rings. The van der Waals surface area contributed by atoms with E-state index in [1.807, 2.05) is 18.2 Å². The van der Waals surface area contributed by atoms with Gasteiger partial charge in [-0.05, 0) is 24.3 Å².